The molecule has 0 unspecified atom stereocenters. The molecule has 2 aromatic rings. The summed E-state index contributed by atoms with van der Waals surface area (Å²) in [5, 5.41) is 0. The second-order valence-corrected chi connectivity index (χ2v) is 5.93. The first-order valence-corrected chi connectivity index (χ1v) is 7.10. The molecule has 0 saturated carbocycles. The van der Waals surface area contributed by atoms with Gasteiger partial charge in [0.05, 0.1) is 0 Å². The normalized spacial score (nSPS) is 13.8. The Labute approximate surface area is 121 Å². The number of nitrogen functional groups attached to an aromatic ring is 1. The van der Waals surface area contributed by atoms with Crippen LogP contribution in [0.1, 0.15) is 16.7 Å². The van der Waals surface area contributed by atoms with Gasteiger partial charge in [-0.2, -0.15) is 0 Å². The standard InChI is InChI=1S/C15H15IN2/c1-10-14(16)3-2-4-15(10)18-8-11-5-6-13(17)7-12(11)9-18/h2-7H,8-9,17H2,1H3. The van der Waals surface area contributed by atoms with Crippen molar-refractivity contribution >= 4 is 34.0 Å². The average molecular weight is 350 g/mol. The lowest BCUT2D eigenvalue weighted by molar-refractivity contribution is 0.874. The molecule has 3 heteroatoms. The predicted molar refractivity (Wildman–Crippen MR) is 84.6 cm³/mol. The Hall–Kier alpha value is -1.23. The quantitative estimate of drug-likeness (QED) is 0.628. The first-order valence-electron chi connectivity index (χ1n) is 6.02. The lowest BCUT2D eigenvalue weighted by atomic mass is 10.1. The van der Waals surface area contributed by atoms with Crippen LogP contribution < -0.4 is 10.6 Å². The molecule has 0 aromatic heterocycles. The minimum Gasteiger partial charge on any atom is -0.399 e. The van der Waals surface area contributed by atoms with Gasteiger partial charge in [-0.15, -0.1) is 0 Å². The van der Waals surface area contributed by atoms with Crippen molar-refractivity contribution in [2.75, 3.05) is 10.6 Å². The number of hydrogen-bond acceptors (Lipinski definition) is 2. The Morgan fingerprint density at radius 2 is 1.89 bits per heavy atom. The minimum atomic E-state index is 0.856. The van der Waals surface area contributed by atoms with E-state index in [1.165, 1.54) is 25.9 Å². The Morgan fingerprint density at radius 1 is 1.11 bits per heavy atom. The fourth-order valence-corrected chi connectivity index (χ4v) is 3.01. The van der Waals surface area contributed by atoms with Gasteiger partial charge >= 0.3 is 0 Å². The van der Waals surface area contributed by atoms with E-state index >= 15 is 0 Å². The number of fused-ring (bicyclic) bond motifs is 1. The van der Waals surface area contributed by atoms with E-state index in [1.54, 1.807) is 0 Å². The first kappa shape index (κ1) is 11.8. The monoisotopic (exact) mass is 350 g/mol. The summed E-state index contributed by atoms with van der Waals surface area (Å²) in [5.41, 5.74) is 12.1. The highest BCUT2D eigenvalue weighted by atomic mass is 127. The highest BCUT2D eigenvalue weighted by molar-refractivity contribution is 14.1. The molecule has 18 heavy (non-hydrogen) atoms. The Bertz CT molecular complexity index is 607. The number of rotatable bonds is 1. The van der Waals surface area contributed by atoms with Crippen LogP contribution in [0.15, 0.2) is 36.4 Å². The van der Waals surface area contributed by atoms with Crippen molar-refractivity contribution in [3.05, 3.63) is 56.7 Å². The Kier molecular flexibility index (Phi) is 2.93. The summed E-state index contributed by atoms with van der Waals surface area (Å²) in [6, 6.07) is 12.7. The molecule has 1 aliphatic heterocycles. The molecule has 1 heterocycles. The molecule has 1 aliphatic rings. The second kappa shape index (κ2) is 4.46. The third kappa shape index (κ3) is 1.96. The number of benzene rings is 2. The molecule has 0 fully saturated rings. The Balaban J connectivity index is 1.96. The molecule has 3 rings (SSSR count). The van der Waals surface area contributed by atoms with Crippen LogP contribution in [0.5, 0.6) is 0 Å². The van der Waals surface area contributed by atoms with Crippen molar-refractivity contribution in [2.45, 2.75) is 20.0 Å². The smallest absolute Gasteiger partial charge is 0.0437 e. The van der Waals surface area contributed by atoms with E-state index in [1.807, 2.05) is 6.07 Å². The number of halogens is 1. The van der Waals surface area contributed by atoms with Gasteiger partial charge in [-0.1, -0.05) is 12.1 Å². The van der Waals surface area contributed by atoms with E-state index in [0.29, 0.717) is 0 Å². The number of hydrogen-bond donors (Lipinski definition) is 1. The Morgan fingerprint density at radius 3 is 2.72 bits per heavy atom. The zero-order valence-electron chi connectivity index (χ0n) is 10.3. The van der Waals surface area contributed by atoms with E-state index in [0.717, 1.165) is 18.8 Å². The summed E-state index contributed by atoms with van der Waals surface area (Å²) >= 11 is 2.39. The highest BCUT2D eigenvalue weighted by Gasteiger charge is 2.20. The maximum absolute atomic E-state index is 5.85. The van der Waals surface area contributed by atoms with Gasteiger partial charge in [-0.25, -0.2) is 0 Å². The van der Waals surface area contributed by atoms with Gasteiger partial charge in [0.2, 0.25) is 0 Å². The second-order valence-electron chi connectivity index (χ2n) is 4.77. The van der Waals surface area contributed by atoms with Gasteiger partial charge in [0.1, 0.15) is 0 Å². The third-order valence-electron chi connectivity index (χ3n) is 3.53. The number of anilines is 2. The largest absolute Gasteiger partial charge is 0.399 e. The molecule has 0 aliphatic carbocycles. The molecular weight excluding hydrogens is 335 g/mol. The van der Waals surface area contributed by atoms with Crippen LogP contribution in [0.3, 0.4) is 0 Å². The summed E-state index contributed by atoms with van der Waals surface area (Å²) in [6.45, 7) is 4.13. The molecule has 2 N–H and O–H groups in total. The summed E-state index contributed by atoms with van der Waals surface area (Å²) in [4.78, 5) is 2.42. The molecule has 0 amide bonds. The van der Waals surface area contributed by atoms with E-state index in [9.17, 15) is 0 Å². The molecule has 0 spiro atoms. The lowest BCUT2D eigenvalue weighted by Crippen LogP contribution is -2.15. The van der Waals surface area contributed by atoms with Crippen LogP contribution >= 0.6 is 22.6 Å². The molecule has 0 saturated heterocycles. The topological polar surface area (TPSA) is 29.3 Å². The molecular formula is C15H15IN2. The summed E-state index contributed by atoms with van der Waals surface area (Å²) in [5.74, 6) is 0. The molecule has 92 valence electrons. The van der Waals surface area contributed by atoms with Crippen molar-refractivity contribution < 1.29 is 0 Å². The van der Waals surface area contributed by atoms with Crippen LogP contribution in [0.4, 0.5) is 11.4 Å². The van der Waals surface area contributed by atoms with Gasteiger partial charge in [0.15, 0.2) is 0 Å². The van der Waals surface area contributed by atoms with Crippen LogP contribution in [-0.4, -0.2) is 0 Å². The molecule has 0 atom stereocenters. The van der Waals surface area contributed by atoms with Crippen molar-refractivity contribution in [1.29, 1.82) is 0 Å². The molecule has 0 radical (unpaired) electrons. The van der Waals surface area contributed by atoms with Crippen molar-refractivity contribution in [2.24, 2.45) is 0 Å². The van der Waals surface area contributed by atoms with Gasteiger partial charge in [0, 0.05) is 28.0 Å². The SMILES string of the molecule is Cc1c(I)cccc1N1Cc2ccc(N)cc2C1. The average Bonchev–Trinajstić information content (AvgIpc) is 2.75. The van der Waals surface area contributed by atoms with Crippen LogP contribution in [-0.2, 0) is 13.1 Å². The number of nitrogens with zero attached hydrogens (tertiary/aromatic N) is 1. The van der Waals surface area contributed by atoms with E-state index in [2.05, 4.69) is 64.7 Å². The molecule has 0 bridgehead atoms. The zero-order valence-corrected chi connectivity index (χ0v) is 12.4. The van der Waals surface area contributed by atoms with Crippen LogP contribution in [0.25, 0.3) is 0 Å². The van der Waals surface area contributed by atoms with Gasteiger partial charge in [0.25, 0.3) is 0 Å². The van der Waals surface area contributed by atoms with E-state index in [-0.39, 0.29) is 0 Å². The zero-order chi connectivity index (χ0) is 12.7. The molecule has 2 nitrogen and oxygen atoms in total. The van der Waals surface area contributed by atoms with Gasteiger partial charge < -0.3 is 10.6 Å². The maximum atomic E-state index is 5.85. The minimum absolute atomic E-state index is 0.856. The van der Waals surface area contributed by atoms with E-state index in [4.69, 9.17) is 5.73 Å². The fourth-order valence-electron chi connectivity index (χ4n) is 2.52. The first-order chi connectivity index (χ1) is 8.65. The van der Waals surface area contributed by atoms with Crippen molar-refractivity contribution in [3.63, 3.8) is 0 Å². The van der Waals surface area contributed by atoms with Gasteiger partial charge in [-0.3, -0.25) is 0 Å². The summed E-state index contributed by atoms with van der Waals surface area (Å²) < 4.78 is 1.32. The predicted octanol–water partition coefficient (Wildman–Crippen LogP) is 3.70. The summed E-state index contributed by atoms with van der Waals surface area (Å²) in [7, 11) is 0. The van der Waals surface area contributed by atoms with E-state index < -0.39 is 0 Å². The third-order valence-corrected chi connectivity index (χ3v) is 4.70. The van der Waals surface area contributed by atoms with Crippen LogP contribution in [0.2, 0.25) is 0 Å². The maximum Gasteiger partial charge on any atom is 0.0437 e. The van der Waals surface area contributed by atoms with Gasteiger partial charge in [-0.05, 0) is 70.5 Å². The van der Waals surface area contributed by atoms with Crippen LogP contribution in [0, 0.1) is 10.5 Å². The number of nitrogens with two attached hydrogens (primary N) is 1. The van der Waals surface area contributed by atoms with Crippen molar-refractivity contribution in [3.8, 4) is 0 Å². The lowest BCUT2D eigenvalue weighted by Gasteiger charge is -2.20. The van der Waals surface area contributed by atoms with Crippen molar-refractivity contribution in [1.82, 2.24) is 0 Å². The summed E-state index contributed by atoms with van der Waals surface area (Å²) in [6.07, 6.45) is 0. The molecule has 2 aromatic carbocycles. The highest BCUT2D eigenvalue weighted by Crippen LogP contribution is 2.32. The fraction of sp³-hybridized carbons (Fsp3) is 0.200.